The lowest BCUT2D eigenvalue weighted by atomic mass is 10.2. The van der Waals surface area contributed by atoms with Gasteiger partial charge in [0.1, 0.15) is 0 Å². The fourth-order valence-corrected chi connectivity index (χ4v) is 1.15. The third kappa shape index (κ3) is 3.28. The number of amides is 3. The molecule has 90 valence electrons. The predicted octanol–water partition coefficient (Wildman–Crippen LogP) is -1.74. The van der Waals surface area contributed by atoms with E-state index in [2.05, 4.69) is 5.32 Å². The van der Waals surface area contributed by atoms with Crippen LogP contribution in [0.4, 0.5) is 0 Å². The largest absolute Gasteiger partial charge is 0.367 e. The lowest BCUT2D eigenvalue weighted by Gasteiger charge is -2.13. The standard InChI is InChI=1S/C10H12N4O3/c11-8(15)7(10(17)14-12)13-9(16)6-4-2-1-3-5-6/h1-5,7H,12H2,(H2,11,15)(H,13,16)(H,14,17). The molecule has 0 saturated carbocycles. The van der Waals surface area contributed by atoms with Crippen molar-refractivity contribution in [1.29, 1.82) is 0 Å². The van der Waals surface area contributed by atoms with E-state index in [0.717, 1.165) is 0 Å². The van der Waals surface area contributed by atoms with Crippen LogP contribution in [0.15, 0.2) is 30.3 Å². The Kier molecular flexibility index (Phi) is 4.18. The first-order valence-electron chi connectivity index (χ1n) is 4.72. The Morgan fingerprint density at radius 3 is 2.18 bits per heavy atom. The zero-order chi connectivity index (χ0) is 12.8. The van der Waals surface area contributed by atoms with Gasteiger partial charge in [-0.3, -0.25) is 19.8 Å². The summed E-state index contributed by atoms with van der Waals surface area (Å²) >= 11 is 0. The monoisotopic (exact) mass is 236 g/mol. The number of hydrogen-bond donors (Lipinski definition) is 4. The van der Waals surface area contributed by atoms with Gasteiger partial charge in [-0.25, -0.2) is 5.84 Å². The number of hydrogen-bond acceptors (Lipinski definition) is 4. The maximum absolute atomic E-state index is 11.6. The molecular formula is C10H12N4O3. The molecule has 1 aromatic rings. The number of rotatable bonds is 4. The summed E-state index contributed by atoms with van der Waals surface area (Å²) in [5.41, 5.74) is 7.03. The molecule has 1 rings (SSSR count). The molecule has 0 aliphatic carbocycles. The van der Waals surface area contributed by atoms with Gasteiger partial charge in [-0.05, 0) is 12.1 Å². The van der Waals surface area contributed by atoms with E-state index in [0.29, 0.717) is 5.56 Å². The van der Waals surface area contributed by atoms with Crippen LogP contribution in [0.25, 0.3) is 0 Å². The Morgan fingerprint density at radius 2 is 1.71 bits per heavy atom. The van der Waals surface area contributed by atoms with Crippen LogP contribution in [0.2, 0.25) is 0 Å². The fraction of sp³-hybridized carbons (Fsp3) is 0.100. The van der Waals surface area contributed by atoms with Gasteiger partial charge in [-0.1, -0.05) is 18.2 Å². The fourth-order valence-electron chi connectivity index (χ4n) is 1.15. The highest BCUT2D eigenvalue weighted by Gasteiger charge is 2.25. The third-order valence-corrected chi connectivity index (χ3v) is 2.00. The van der Waals surface area contributed by atoms with E-state index in [-0.39, 0.29) is 0 Å². The lowest BCUT2D eigenvalue weighted by molar-refractivity contribution is -0.130. The van der Waals surface area contributed by atoms with Gasteiger partial charge >= 0.3 is 0 Å². The molecule has 7 heteroatoms. The first-order valence-corrected chi connectivity index (χ1v) is 4.72. The van der Waals surface area contributed by atoms with Gasteiger partial charge < -0.3 is 11.1 Å². The maximum atomic E-state index is 11.6. The van der Waals surface area contributed by atoms with E-state index in [4.69, 9.17) is 11.6 Å². The Morgan fingerprint density at radius 1 is 1.12 bits per heavy atom. The van der Waals surface area contributed by atoms with Gasteiger partial charge in [0.05, 0.1) is 0 Å². The topological polar surface area (TPSA) is 127 Å². The average molecular weight is 236 g/mol. The zero-order valence-corrected chi connectivity index (χ0v) is 8.84. The van der Waals surface area contributed by atoms with Crippen molar-refractivity contribution >= 4 is 17.7 Å². The first-order chi connectivity index (χ1) is 8.06. The van der Waals surface area contributed by atoms with E-state index in [1.807, 2.05) is 0 Å². The van der Waals surface area contributed by atoms with E-state index < -0.39 is 23.8 Å². The van der Waals surface area contributed by atoms with Gasteiger partial charge in [-0.15, -0.1) is 0 Å². The number of carbonyl (C=O) groups is 3. The molecule has 0 aromatic heterocycles. The molecule has 0 saturated heterocycles. The van der Waals surface area contributed by atoms with Crippen molar-refractivity contribution in [3.8, 4) is 0 Å². The second-order valence-corrected chi connectivity index (χ2v) is 3.18. The molecule has 6 N–H and O–H groups in total. The molecule has 0 aliphatic heterocycles. The lowest BCUT2D eigenvalue weighted by Crippen LogP contribution is -2.55. The molecule has 0 radical (unpaired) electrons. The molecule has 17 heavy (non-hydrogen) atoms. The summed E-state index contributed by atoms with van der Waals surface area (Å²) in [6.45, 7) is 0. The molecule has 1 unspecified atom stereocenters. The average Bonchev–Trinajstić information content (AvgIpc) is 2.35. The summed E-state index contributed by atoms with van der Waals surface area (Å²) in [6.07, 6.45) is 0. The summed E-state index contributed by atoms with van der Waals surface area (Å²) < 4.78 is 0. The molecule has 1 aromatic carbocycles. The van der Waals surface area contributed by atoms with Crippen LogP contribution < -0.4 is 22.3 Å². The molecule has 3 amide bonds. The Balaban J connectivity index is 2.78. The third-order valence-electron chi connectivity index (χ3n) is 2.00. The minimum absolute atomic E-state index is 0.309. The number of hydrazine groups is 1. The Labute approximate surface area is 97.1 Å². The second-order valence-electron chi connectivity index (χ2n) is 3.18. The van der Waals surface area contributed by atoms with Crippen molar-refractivity contribution < 1.29 is 14.4 Å². The Hall–Kier alpha value is -2.41. The van der Waals surface area contributed by atoms with E-state index in [1.54, 1.807) is 23.6 Å². The van der Waals surface area contributed by atoms with Crippen LogP contribution in [0, 0.1) is 0 Å². The molecule has 0 aliphatic rings. The van der Waals surface area contributed by atoms with Crippen LogP contribution in [0.1, 0.15) is 10.4 Å². The van der Waals surface area contributed by atoms with Gasteiger partial charge in [0.15, 0.2) is 6.04 Å². The minimum Gasteiger partial charge on any atom is -0.367 e. The van der Waals surface area contributed by atoms with E-state index in [9.17, 15) is 14.4 Å². The second kappa shape index (κ2) is 5.61. The van der Waals surface area contributed by atoms with Crippen molar-refractivity contribution in [3.63, 3.8) is 0 Å². The van der Waals surface area contributed by atoms with Crippen molar-refractivity contribution in [2.45, 2.75) is 6.04 Å². The summed E-state index contributed by atoms with van der Waals surface area (Å²) in [5, 5.41) is 2.18. The molecule has 7 nitrogen and oxygen atoms in total. The first kappa shape index (κ1) is 12.7. The highest BCUT2D eigenvalue weighted by Crippen LogP contribution is 1.98. The van der Waals surface area contributed by atoms with Crippen molar-refractivity contribution in [3.05, 3.63) is 35.9 Å². The summed E-state index contributed by atoms with van der Waals surface area (Å²) in [7, 11) is 0. The van der Waals surface area contributed by atoms with E-state index >= 15 is 0 Å². The SMILES string of the molecule is NNC(=O)C(NC(=O)c1ccccc1)C(N)=O. The predicted molar refractivity (Wildman–Crippen MR) is 59.2 cm³/mol. The Bertz CT molecular complexity index is 432. The van der Waals surface area contributed by atoms with Crippen molar-refractivity contribution in [2.75, 3.05) is 0 Å². The highest BCUT2D eigenvalue weighted by molar-refractivity contribution is 6.08. The number of primary amides is 1. The smallest absolute Gasteiger partial charge is 0.266 e. The zero-order valence-electron chi connectivity index (χ0n) is 8.84. The molecule has 1 atom stereocenters. The number of nitrogens with two attached hydrogens (primary N) is 2. The highest BCUT2D eigenvalue weighted by atomic mass is 16.2. The van der Waals surface area contributed by atoms with Gasteiger partial charge in [0.2, 0.25) is 5.91 Å². The number of nitrogens with one attached hydrogen (secondary N) is 2. The number of benzene rings is 1. The summed E-state index contributed by atoms with van der Waals surface area (Å²) in [5.74, 6) is 2.42. The van der Waals surface area contributed by atoms with Crippen LogP contribution in [-0.2, 0) is 9.59 Å². The van der Waals surface area contributed by atoms with Crippen molar-refractivity contribution in [2.24, 2.45) is 11.6 Å². The van der Waals surface area contributed by atoms with Crippen LogP contribution in [-0.4, -0.2) is 23.8 Å². The molecule has 0 spiro atoms. The van der Waals surface area contributed by atoms with Gasteiger partial charge in [0, 0.05) is 5.56 Å². The van der Waals surface area contributed by atoms with E-state index in [1.165, 1.54) is 12.1 Å². The maximum Gasteiger partial charge on any atom is 0.266 e. The number of carbonyl (C=O) groups excluding carboxylic acids is 3. The summed E-state index contributed by atoms with van der Waals surface area (Å²) in [4.78, 5) is 33.8. The normalized spacial score (nSPS) is 11.4. The summed E-state index contributed by atoms with van der Waals surface area (Å²) in [6, 6.07) is 6.61. The van der Waals surface area contributed by atoms with Crippen LogP contribution in [0.5, 0.6) is 0 Å². The van der Waals surface area contributed by atoms with Gasteiger partial charge in [-0.2, -0.15) is 0 Å². The minimum atomic E-state index is -1.49. The van der Waals surface area contributed by atoms with Crippen LogP contribution >= 0.6 is 0 Å². The molecule has 0 bridgehead atoms. The van der Waals surface area contributed by atoms with Crippen molar-refractivity contribution in [1.82, 2.24) is 10.7 Å². The molecule has 0 heterocycles. The van der Waals surface area contributed by atoms with Crippen LogP contribution in [0.3, 0.4) is 0 Å². The molecule has 0 fully saturated rings. The molecular weight excluding hydrogens is 224 g/mol. The quantitative estimate of drug-likeness (QED) is 0.214. The van der Waals surface area contributed by atoms with Gasteiger partial charge in [0.25, 0.3) is 11.8 Å².